The van der Waals surface area contributed by atoms with E-state index in [1.165, 1.54) is 11.8 Å². The SMILES string of the molecule is CC(Sc1ccccc1)C(=O)NC(CO)c1ccc(Cl)cc1. The summed E-state index contributed by atoms with van der Waals surface area (Å²) in [4.78, 5) is 13.3. The highest BCUT2D eigenvalue weighted by Gasteiger charge is 2.19. The molecule has 0 fully saturated rings. The van der Waals surface area contributed by atoms with Gasteiger partial charge in [-0.05, 0) is 36.8 Å². The minimum absolute atomic E-state index is 0.108. The third kappa shape index (κ3) is 4.77. The van der Waals surface area contributed by atoms with E-state index in [-0.39, 0.29) is 17.8 Å². The molecule has 2 atom stereocenters. The topological polar surface area (TPSA) is 49.3 Å². The van der Waals surface area contributed by atoms with E-state index in [1.54, 1.807) is 24.3 Å². The molecule has 0 bridgehead atoms. The van der Waals surface area contributed by atoms with Gasteiger partial charge in [0, 0.05) is 9.92 Å². The maximum absolute atomic E-state index is 12.3. The van der Waals surface area contributed by atoms with Crippen LogP contribution in [-0.4, -0.2) is 22.9 Å². The molecular formula is C17H18ClNO2S. The Labute approximate surface area is 139 Å². The van der Waals surface area contributed by atoms with E-state index in [9.17, 15) is 9.90 Å². The van der Waals surface area contributed by atoms with Crippen molar-refractivity contribution >= 4 is 29.3 Å². The maximum atomic E-state index is 12.3. The fourth-order valence-corrected chi connectivity index (χ4v) is 3.00. The molecule has 2 aromatic carbocycles. The van der Waals surface area contributed by atoms with Crippen molar-refractivity contribution in [1.29, 1.82) is 0 Å². The second-order valence-electron chi connectivity index (χ2n) is 4.87. The Morgan fingerprint density at radius 3 is 2.41 bits per heavy atom. The van der Waals surface area contributed by atoms with Gasteiger partial charge in [-0.15, -0.1) is 11.8 Å². The molecule has 0 radical (unpaired) electrons. The van der Waals surface area contributed by atoms with Crippen molar-refractivity contribution in [2.45, 2.75) is 23.1 Å². The Balaban J connectivity index is 1.98. The zero-order valence-electron chi connectivity index (χ0n) is 12.2. The first-order valence-corrected chi connectivity index (χ1v) is 8.24. The molecule has 0 aromatic heterocycles. The summed E-state index contributed by atoms with van der Waals surface area (Å²) < 4.78 is 0. The second-order valence-corrected chi connectivity index (χ2v) is 6.72. The van der Waals surface area contributed by atoms with Crippen molar-refractivity contribution in [3.05, 3.63) is 65.2 Å². The molecule has 22 heavy (non-hydrogen) atoms. The Bertz CT molecular complexity index is 604. The lowest BCUT2D eigenvalue weighted by molar-refractivity contribution is -0.121. The Hall–Kier alpha value is -1.49. The quantitative estimate of drug-likeness (QED) is 0.792. The summed E-state index contributed by atoms with van der Waals surface area (Å²) in [5, 5.41) is 12.8. The van der Waals surface area contributed by atoms with Gasteiger partial charge in [-0.1, -0.05) is 41.9 Å². The van der Waals surface area contributed by atoms with Gasteiger partial charge >= 0.3 is 0 Å². The van der Waals surface area contributed by atoms with Crippen molar-refractivity contribution in [2.75, 3.05) is 6.61 Å². The van der Waals surface area contributed by atoms with Crippen LogP contribution < -0.4 is 5.32 Å². The predicted molar refractivity (Wildman–Crippen MR) is 91.2 cm³/mol. The predicted octanol–water partition coefficient (Wildman–Crippen LogP) is 3.67. The van der Waals surface area contributed by atoms with Crippen LogP contribution in [0.25, 0.3) is 0 Å². The number of carbonyl (C=O) groups excluding carboxylic acids is 1. The van der Waals surface area contributed by atoms with Crippen molar-refractivity contribution in [1.82, 2.24) is 5.32 Å². The molecular weight excluding hydrogens is 318 g/mol. The molecule has 0 heterocycles. The molecule has 0 saturated carbocycles. The van der Waals surface area contributed by atoms with Gasteiger partial charge in [0.25, 0.3) is 0 Å². The van der Waals surface area contributed by atoms with Crippen LogP contribution in [0.3, 0.4) is 0 Å². The normalized spacial score (nSPS) is 13.4. The zero-order valence-corrected chi connectivity index (χ0v) is 13.8. The first-order chi connectivity index (χ1) is 10.6. The highest BCUT2D eigenvalue weighted by molar-refractivity contribution is 8.00. The highest BCUT2D eigenvalue weighted by atomic mass is 35.5. The Kier molecular flexibility index (Phi) is 6.31. The van der Waals surface area contributed by atoms with Gasteiger partial charge in [0.05, 0.1) is 17.9 Å². The first-order valence-electron chi connectivity index (χ1n) is 6.98. The zero-order chi connectivity index (χ0) is 15.9. The van der Waals surface area contributed by atoms with Crippen LogP contribution in [0.4, 0.5) is 0 Å². The average molecular weight is 336 g/mol. The number of carbonyl (C=O) groups is 1. The van der Waals surface area contributed by atoms with Crippen LogP contribution in [0, 0.1) is 0 Å². The average Bonchev–Trinajstić information content (AvgIpc) is 2.54. The molecule has 1 amide bonds. The van der Waals surface area contributed by atoms with E-state index >= 15 is 0 Å². The van der Waals surface area contributed by atoms with Gasteiger partial charge in [0.1, 0.15) is 0 Å². The molecule has 2 rings (SSSR count). The molecule has 2 N–H and O–H groups in total. The van der Waals surface area contributed by atoms with Gasteiger partial charge in [0.15, 0.2) is 0 Å². The van der Waals surface area contributed by atoms with E-state index in [0.29, 0.717) is 5.02 Å². The number of aliphatic hydroxyl groups excluding tert-OH is 1. The number of amides is 1. The highest BCUT2D eigenvalue weighted by Crippen LogP contribution is 2.24. The molecule has 0 aliphatic heterocycles. The molecule has 5 heteroatoms. The summed E-state index contributed by atoms with van der Waals surface area (Å²) in [6.45, 7) is 1.69. The molecule has 0 aliphatic rings. The molecule has 0 aliphatic carbocycles. The van der Waals surface area contributed by atoms with E-state index in [0.717, 1.165) is 10.5 Å². The smallest absolute Gasteiger partial charge is 0.233 e. The molecule has 0 spiro atoms. The van der Waals surface area contributed by atoms with Crippen LogP contribution in [0.5, 0.6) is 0 Å². The van der Waals surface area contributed by atoms with E-state index in [1.807, 2.05) is 37.3 Å². The van der Waals surface area contributed by atoms with Gasteiger partial charge in [0.2, 0.25) is 5.91 Å². The Morgan fingerprint density at radius 2 is 1.82 bits per heavy atom. The Morgan fingerprint density at radius 1 is 1.18 bits per heavy atom. The number of halogens is 1. The van der Waals surface area contributed by atoms with Crippen LogP contribution in [0.15, 0.2) is 59.5 Å². The van der Waals surface area contributed by atoms with Gasteiger partial charge in [-0.2, -0.15) is 0 Å². The summed E-state index contributed by atoms with van der Waals surface area (Å²) >= 11 is 7.34. The molecule has 2 aromatic rings. The van der Waals surface area contributed by atoms with Crippen molar-refractivity contribution in [3.8, 4) is 0 Å². The summed E-state index contributed by atoms with van der Waals surface area (Å²) in [5.41, 5.74) is 0.831. The van der Waals surface area contributed by atoms with Crippen LogP contribution in [-0.2, 0) is 4.79 Å². The summed E-state index contributed by atoms with van der Waals surface area (Å²) in [6.07, 6.45) is 0. The second kappa shape index (κ2) is 8.22. The first kappa shape index (κ1) is 16.9. The summed E-state index contributed by atoms with van der Waals surface area (Å²) in [6, 6.07) is 16.4. The number of hydrogen-bond donors (Lipinski definition) is 2. The van der Waals surface area contributed by atoms with E-state index < -0.39 is 6.04 Å². The number of benzene rings is 2. The minimum Gasteiger partial charge on any atom is -0.394 e. The molecule has 0 saturated heterocycles. The largest absolute Gasteiger partial charge is 0.394 e. The third-order valence-corrected chi connectivity index (χ3v) is 4.56. The lowest BCUT2D eigenvalue weighted by Gasteiger charge is -2.19. The fourth-order valence-electron chi connectivity index (χ4n) is 1.98. The van der Waals surface area contributed by atoms with E-state index in [2.05, 4.69) is 5.32 Å². The lowest BCUT2D eigenvalue weighted by atomic mass is 10.1. The minimum atomic E-state index is -0.427. The van der Waals surface area contributed by atoms with Crippen LogP contribution >= 0.6 is 23.4 Å². The maximum Gasteiger partial charge on any atom is 0.233 e. The monoisotopic (exact) mass is 335 g/mol. The van der Waals surface area contributed by atoms with Crippen molar-refractivity contribution in [2.24, 2.45) is 0 Å². The van der Waals surface area contributed by atoms with Gasteiger partial charge in [-0.3, -0.25) is 4.79 Å². The van der Waals surface area contributed by atoms with E-state index in [4.69, 9.17) is 11.6 Å². The van der Waals surface area contributed by atoms with Crippen molar-refractivity contribution in [3.63, 3.8) is 0 Å². The standard InChI is InChI=1S/C17H18ClNO2S/c1-12(22-15-5-3-2-4-6-15)17(21)19-16(11-20)13-7-9-14(18)10-8-13/h2-10,12,16,20H,11H2,1H3,(H,19,21). The van der Waals surface area contributed by atoms with Gasteiger partial charge < -0.3 is 10.4 Å². The number of nitrogens with one attached hydrogen (secondary N) is 1. The van der Waals surface area contributed by atoms with Crippen LogP contribution in [0.2, 0.25) is 5.02 Å². The van der Waals surface area contributed by atoms with Crippen molar-refractivity contribution < 1.29 is 9.90 Å². The molecule has 3 nitrogen and oxygen atoms in total. The fraction of sp³-hybridized carbons (Fsp3) is 0.235. The molecule has 2 unspecified atom stereocenters. The molecule has 116 valence electrons. The number of aliphatic hydroxyl groups is 1. The number of thioether (sulfide) groups is 1. The third-order valence-electron chi connectivity index (χ3n) is 3.20. The van der Waals surface area contributed by atoms with Crippen LogP contribution in [0.1, 0.15) is 18.5 Å². The van der Waals surface area contributed by atoms with Gasteiger partial charge in [-0.25, -0.2) is 0 Å². The number of hydrogen-bond acceptors (Lipinski definition) is 3. The summed E-state index contributed by atoms with van der Waals surface area (Å²) in [7, 11) is 0. The lowest BCUT2D eigenvalue weighted by Crippen LogP contribution is -2.35. The summed E-state index contributed by atoms with van der Waals surface area (Å²) in [5.74, 6) is -0.108. The number of rotatable bonds is 6.